The van der Waals surface area contributed by atoms with Crippen LogP contribution in [0.15, 0.2) is 29.3 Å². The average Bonchev–Trinajstić information content (AvgIpc) is 2.42. The average molecular weight is 263 g/mol. The second-order valence-electron chi connectivity index (χ2n) is 4.41. The molecule has 4 heteroatoms. The molecule has 104 valence electrons. The topological polar surface area (TPSA) is 69.9 Å². The van der Waals surface area contributed by atoms with Crippen LogP contribution in [0, 0.1) is 0 Å². The molecule has 2 N–H and O–H groups in total. The van der Waals surface area contributed by atoms with Gasteiger partial charge < -0.3 is 10.2 Å². The van der Waals surface area contributed by atoms with E-state index in [9.17, 15) is 4.79 Å². The summed E-state index contributed by atoms with van der Waals surface area (Å²) < 4.78 is 0. The third-order valence-corrected chi connectivity index (χ3v) is 2.86. The lowest BCUT2D eigenvalue weighted by Crippen LogP contribution is -1.95. The molecule has 0 amide bonds. The molecule has 1 aromatic rings. The van der Waals surface area contributed by atoms with Crippen LogP contribution in [0.25, 0.3) is 0 Å². The summed E-state index contributed by atoms with van der Waals surface area (Å²) in [5.41, 5.74) is 0.747. The number of benzene rings is 1. The van der Waals surface area contributed by atoms with Crippen LogP contribution in [-0.4, -0.2) is 29.0 Å². The van der Waals surface area contributed by atoms with Crippen molar-refractivity contribution in [3.05, 3.63) is 29.8 Å². The van der Waals surface area contributed by atoms with Gasteiger partial charge in [-0.1, -0.05) is 31.4 Å². The summed E-state index contributed by atoms with van der Waals surface area (Å²) in [6.07, 6.45) is 7.87. The summed E-state index contributed by atoms with van der Waals surface area (Å²) in [6.45, 7) is 0.271. The van der Waals surface area contributed by atoms with Crippen LogP contribution in [-0.2, 0) is 0 Å². The van der Waals surface area contributed by atoms with Crippen LogP contribution < -0.4 is 0 Å². The maximum Gasteiger partial charge on any atom is 0.337 e. The molecule has 0 spiro atoms. The summed E-state index contributed by atoms with van der Waals surface area (Å²) in [6, 6.07) is 6.75. The van der Waals surface area contributed by atoms with Gasteiger partial charge in [0.1, 0.15) is 0 Å². The van der Waals surface area contributed by atoms with Crippen molar-refractivity contribution in [3.8, 4) is 0 Å². The third kappa shape index (κ3) is 6.15. The van der Waals surface area contributed by atoms with Crippen molar-refractivity contribution >= 4 is 17.9 Å². The quantitative estimate of drug-likeness (QED) is 0.529. The molecule has 1 aromatic carbocycles. The van der Waals surface area contributed by atoms with E-state index in [0.717, 1.165) is 38.5 Å². The van der Waals surface area contributed by atoms with Gasteiger partial charge in [0.05, 0.1) is 11.3 Å². The molecular formula is C15H21NO3. The lowest BCUT2D eigenvalue weighted by atomic mass is 10.1. The zero-order valence-electron chi connectivity index (χ0n) is 11.1. The van der Waals surface area contributed by atoms with E-state index in [1.54, 1.807) is 30.5 Å². The molecule has 4 nitrogen and oxygen atoms in total. The minimum Gasteiger partial charge on any atom is -0.478 e. The number of rotatable bonds is 9. The van der Waals surface area contributed by atoms with E-state index >= 15 is 0 Å². The fraction of sp³-hybridized carbons (Fsp3) is 0.467. The van der Waals surface area contributed by atoms with Gasteiger partial charge in [-0.05, 0) is 31.4 Å². The Morgan fingerprint density at radius 3 is 2.53 bits per heavy atom. The summed E-state index contributed by atoms with van der Waals surface area (Å²) in [4.78, 5) is 15.2. The maximum absolute atomic E-state index is 11.0. The van der Waals surface area contributed by atoms with Gasteiger partial charge in [-0.25, -0.2) is 4.79 Å². The Morgan fingerprint density at radius 1 is 1.11 bits per heavy atom. The number of carboxylic acid groups (broad SMARTS) is 1. The Morgan fingerprint density at radius 2 is 1.79 bits per heavy atom. The van der Waals surface area contributed by atoms with E-state index in [4.69, 9.17) is 10.2 Å². The van der Waals surface area contributed by atoms with Gasteiger partial charge in [-0.3, -0.25) is 4.99 Å². The van der Waals surface area contributed by atoms with Gasteiger partial charge in [0.2, 0.25) is 0 Å². The van der Waals surface area contributed by atoms with Crippen molar-refractivity contribution in [1.82, 2.24) is 0 Å². The zero-order valence-corrected chi connectivity index (χ0v) is 11.1. The molecule has 0 saturated carbocycles. The lowest BCUT2D eigenvalue weighted by molar-refractivity contribution is 0.0698. The predicted octanol–water partition coefficient (Wildman–Crippen LogP) is 3.42. The van der Waals surface area contributed by atoms with Crippen LogP contribution in [0.2, 0.25) is 0 Å². The number of aromatic carboxylic acids is 1. The maximum atomic E-state index is 11.0. The highest BCUT2D eigenvalue weighted by atomic mass is 16.4. The Bertz CT molecular complexity index is 416. The number of carbonyl (C=O) groups is 1. The van der Waals surface area contributed by atoms with Crippen molar-refractivity contribution in [2.45, 2.75) is 38.5 Å². The number of nitrogens with zero attached hydrogens (tertiary/aromatic N) is 1. The van der Waals surface area contributed by atoms with Crippen LogP contribution in [0.4, 0.5) is 5.69 Å². The number of aliphatic imine (C=N–C) groups is 1. The molecule has 1 rings (SSSR count). The first kappa shape index (κ1) is 15.4. The van der Waals surface area contributed by atoms with Crippen molar-refractivity contribution in [3.63, 3.8) is 0 Å². The molecule has 0 unspecified atom stereocenters. The number of hydrogen-bond donors (Lipinski definition) is 2. The minimum absolute atomic E-state index is 0.238. The normalized spacial score (nSPS) is 11.0. The van der Waals surface area contributed by atoms with Crippen LogP contribution in [0.1, 0.15) is 48.9 Å². The number of hydrogen-bond acceptors (Lipinski definition) is 3. The van der Waals surface area contributed by atoms with E-state index in [0.29, 0.717) is 5.69 Å². The van der Waals surface area contributed by atoms with Crippen molar-refractivity contribution in [2.75, 3.05) is 6.61 Å². The van der Waals surface area contributed by atoms with E-state index in [1.165, 1.54) is 0 Å². The van der Waals surface area contributed by atoms with Gasteiger partial charge in [0, 0.05) is 12.8 Å². The molecular weight excluding hydrogens is 242 g/mol. The van der Waals surface area contributed by atoms with Crippen LogP contribution in [0.5, 0.6) is 0 Å². The van der Waals surface area contributed by atoms with Crippen molar-refractivity contribution in [2.24, 2.45) is 4.99 Å². The van der Waals surface area contributed by atoms with E-state index in [1.807, 2.05) is 0 Å². The summed E-state index contributed by atoms with van der Waals surface area (Å²) in [5, 5.41) is 17.6. The molecule has 0 heterocycles. The first-order chi connectivity index (χ1) is 9.25. The highest BCUT2D eigenvalue weighted by molar-refractivity contribution is 5.94. The molecule has 0 fully saturated rings. The first-order valence-electron chi connectivity index (χ1n) is 6.71. The standard InChI is InChI=1S/C15H21NO3/c17-12-8-4-2-1-3-7-11-16-14-10-6-5-9-13(14)15(18)19/h5-6,9-11,17H,1-4,7-8,12H2,(H,18,19). The number of aliphatic hydroxyl groups excluding tert-OH is 1. The fourth-order valence-electron chi connectivity index (χ4n) is 1.81. The van der Waals surface area contributed by atoms with Crippen LogP contribution in [0.3, 0.4) is 0 Å². The van der Waals surface area contributed by atoms with Crippen molar-refractivity contribution in [1.29, 1.82) is 0 Å². The Balaban J connectivity index is 2.31. The molecule has 0 saturated heterocycles. The summed E-state index contributed by atoms with van der Waals surface area (Å²) in [5.74, 6) is -0.947. The molecule has 0 atom stereocenters. The van der Waals surface area contributed by atoms with Gasteiger partial charge in [-0.2, -0.15) is 0 Å². The molecule has 0 bridgehead atoms. The highest BCUT2D eigenvalue weighted by Gasteiger charge is 2.06. The minimum atomic E-state index is -0.947. The Labute approximate surface area is 113 Å². The summed E-state index contributed by atoms with van der Waals surface area (Å²) in [7, 11) is 0. The molecule has 0 aliphatic heterocycles. The molecule has 0 aliphatic rings. The molecule has 19 heavy (non-hydrogen) atoms. The Hall–Kier alpha value is -1.68. The number of aliphatic hydroxyl groups is 1. The monoisotopic (exact) mass is 263 g/mol. The predicted molar refractivity (Wildman–Crippen MR) is 76.3 cm³/mol. The van der Waals surface area contributed by atoms with E-state index in [-0.39, 0.29) is 12.2 Å². The lowest BCUT2D eigenvalue weighted by Gasteiger charge is -2.00. The third-order valence-electron chi connectivity index (χ3n) is 2.86. The SMILES string of the molecule is O=C(O)c1ccccc1N=CCCCCCCCO. The second-order valence-corrected chi connectivity index (χ2v) is 4.41. The Kier molecular flexibility index (Phi) is 7.51. The molecule has 0 aromatic heterocycles. The zero-order chi connectivity index (χ0) is 13.9. The van der Waals surface area contributed by atoms with Crippen molar-refractivity contribution < 1.29 is 15.0 Å². The number of carboxylic acids is 1. The van der Waals surface area contributed by atoms with Gasteiger partial charge in [-0.15, -0.1) is 0 Å². The van der Waals surface area contributed by atoms with E-state index in [2.05, 4.69) is 4.99 Å². The second kappa shape index (κ2) is 9.28. The van der Waals surface area contributed by atoms with Crippen LogP contribution >= 0.6 is 0 Å². The smallest absolute Gasteiger partial charge is 0.337 e. The summed E-state index contributed by atoms with van der Waals surface area (Å²) >= 11 is 0. The number of unbranched alkanes of at least 4 members (excludes halogenated alkanes) is 5. The molecule has 0 aliphatic carbocycles. The highest BCUT2D eigenvalue weighted by Crippen LogP contribution is 2.18. The number of para-hydroxylation sites is 1. The fourth-order valence-corrected chi connectivity index (χ4v) is 1.81. The first-order valence-corrected chi connectivity index (χ1v) is 6.71. The van der Waals surface area contributed by atoms with Gasteiger partial charge in [0.15, 0.2) is 0 Å². The van der Waals surface area contributed by atoms with Gasteiger partial charge in [0.25, 0.3) is 0 Å². The molecule has 0 radical (unpaired) electrons. The van der Waals surface area contributed by atoms with E-state index < -0.39 is 5.97 Å². The largest absolute Gasteiger partial charge is 0.478 e. The van der Waals surface area contributed by atoms with Gasteiger partial charge >= 0.3 is 5.97 Å².